The first kappa shape index (κ1) is 14.8. The Labute approximate surface area is 121 Å². The van der Waals surface area contributed by atoms with E-state index in [2.05, 4.69) is 21.3 Å². The van der Waals surface area contributed by atoms with Gasteiger partial charge in [0.2, 0.25) is 5.91 Å². The topological polar surface area (TPSA) is 45.2 Å². The highest BCUT2D eigenvalue weighted by atomic mass is 16.1. The molecule has 1 fully saturated rings. The van der Waals surface area contributed by atoms with Crippen molar-refractivity contribution in [2.45, 2.75) is 46.0 Å². The molecule has 1 aliphatic heterocycles. The molecule has 0 bridgehead atoms. The summed E-state index contributed by atoms with van der Waals surface area (Å²) >= 11 is 0. The van der Waals surface area contributed by atoms with Crippen LogP contribution in [-0.4, -0.2) is 24.0 Å². The van der Waals surface area contributed by atoms with E-state index in [1.54, 1.807) is 0 Å². The molecule has 1 N–H and O–H groups in total. The van der Waals surface area contributed by atoms with Gasteiger partial charge in [0.15, 0.2) is 0 Å². The van der Waals surface area contributed by atoms with Crippen LogP contribution in [0.2, 0.25) is 0 Å². The fourth-order valence-corrected chi connectivity index (χ4v) is 2.54. The quantitative estimate of drug-likeness (QED) is 0.915. The third-order valence-electron chi connectivity index (χ3n) is 3.58. The number of rotatable bonds is 4. The Bertz CT molecular complexity index is 420. The summed E-state index contributed by atoms with van der Waals surface area (Å²) in [5.74, 6) is 1.05. The van der Waals surface area contributed by atoms with Gasteiger partial charge in [-0.2, -0.15) is 0 Å². The van der Waals surface area contributed by atoms with E-state index in [9.17, 15) is 4.79 Å². The molecule has 0 aliphatic carbocycles. The molecule has 1 aromatic heterocycles. The van der Waals surface area contributed by atoms with Gasteiger partial charge in [-0.25, -0.2) is 4.98 Å². The second-order valence-electron chi connectivity index (χ2n) is 5.95. The Morgan fingerprint density at radius 1 is 1.25 bits per heavy atom. The van der Waals surface area contributed by atoms with Gasteiger partial charge < -0.3 is 10.2 Å². The third kappa shape index (κ3) is 4.51. The predicted molar refractivity (Wildman–Crippen MR) is 83.0 cm³/mol. The fraction of sp³-hybridized carbons (Fsp3) is 0.625. The van der Waals surface area contributed by atoms with Crippen molar-refractivity contribution in [1.82, 2.24) is 4.98 Å². The normalized spacial score (nSPS) is 16.1. The average Bonchev–Trinajstić information content (AvgIpc) is 2.67. The molecule has 1 aromatic rings. The van der Waals surface area contributed by atoms with Gasteiger partial charge in [-0.05, 0) is 30.9 Å². The van der Waals surface area contributed by atoms with Crippen molar-refractivity contribution in [3.63, 3.8) is 0 Å². The summed E-state index contributed by atoms with van der Waals surface area (Å²) in [6.07, 6.45) is 7.58. The highest BCUT2D eigenvalue weighted by Crippen LogP contribution is 2.19. The molecular formula is C16H25N3O. The van der Waals surface area contributed by atoms with Crippen LogP contribution in [0.25, 0.3) is 0 Å². The first-order chi connectivity index (χ1) is 9.65. The maximum absolute atomic E-state index is 11.7. The summed E-state index contributed by atoms with van der Waals surface area (Å²) in [5.41, 5.74) is 1.16. The standard InChI is InChI=1S/C16H25N3O/c1-13(2)11-16(20)18-15-8-7-14(12-17-15)19-9-5-3-4-6-10-19/h7-8,12-13H,3-6,9-11H2,1-2H3,(H,17,18,20). The Kier molecular flexibility index (Phi) is 5.39. The van der Waals surface area contributed by atoms with E-state index < -0.39 is 0 Å². The van der Waals surface area contributed by atoms with E-state index >= 15 is 0 Å². The van der Waals surface area contributed by atoms with E-state index in [0.717, 1.165) is 18.8 Å². The number of nitrogens with zero attached hydrogens (tertiary/aromatic N) is 2. The van der Waals surface area contributed by atoms with E-state index in [0.29, 0.717) is 18.2 Å². The van der Waals surface area contributed by atoms with Crippen molar-refractivity contribution in [3.05, 3.63) is 18.3 Å². The Balaban J connectivity index is 1.93. The lowest BCUT2D eigenvalue weighted by Crippen LogP contribution is -2.24. The molecule has 4 heteroatoms. The maximum atomic E-state index is 11.7. The Morgan fingerprint density at radius 3 is 2.50 bits per heavy atom. The van der Waals surface area contributed by atoms with Crippen LogP contribution in [0.3, 0.4) is 0 Å². The predicted octanol–water partition coefficient (Wildman–Crippen LogP) is 3.45. The van der Waals surface area contributed by atoms with Gasteiger partial charge >= 0.3 is 0 Å². The molecule has 2 rings (SSSR count). The van der Waals surface area contributed by atoms with Gasteiger partial charge in [0, 0.05) is 19.5 Å². The molecule has 110 valence electrons. The molecule has 2 heterocycles. The van der Waals surface area contributed by atoms with Gasteiger partial charge in [-0.15, -0.1) is 0 Å². The molecule has 0 unspecified atom stereocenters. The second-order valence-corrected chi connectivity index (χ2v) is 5.95. The number of anilines is 2. The van der Waals surface area contributed by atoms with Crippen LogP contribution < -0.4 is 10.2 Å². The average molecular weight is 275 g/mol. The number of pyridine rings is 1. The van der Waals surface area contributed by atoms with E-state index in [4.69, 9.17) is 0 Å². The maximum Gasteiger partial charge on any atom is 0.225 e. The lowest BCUT2D eigenvalue weighted by molar-refractivity contribution is -0.116. The molecule has 0 spiro atoms. The van der Waals surface area contributed by atoms with Crippen LogP contribution in [0, 0.1) is 5.92 Å². The number of amides is 1. The summed E-state index contributed by atoms with van der Waals surface area (Å²) in [5, 5.41) is 2.85. The van der Waals surface area contributed by atoms with Gasteiger partial charge in [-0.3, -0.25) is 4.79 Å². The molecule has 0 saturated carbocycles. The van der Waals surface area contributed by atoms with Crippen molar-refractivity contribution < 1.29 is 4.79 Å². The molecule has 1 aliphatic rings. The van der Waals surface area contributed by atoms with Crippen LogP contribution in [0.15, 0.2) is 18.3 Å². The lowest BCUT2D eigenvalue weighted by Gasteiger charge is -2.22. The summed E-state index contributed by atoms with van der Waals surface area (Å²) < 4.78 is 0. The first-order valence-corrected chi connectivity index (χ1v) is 7.66. The molecule has 0 aromatic carbocycles. The van der Waals surface area contributed by atoms with Crippen LogP contribution in [-0.2, 0) is 4.79 Å². The molecule has 20 heavy (non-hydrogen) atoms. The molecule has 1 amide bonds. The van der Waals surface area contributed by atoms with Crippen molar-refractivity contribution in [2.75, 3.05) is 23.3 Å². The minimum atomic E-state index is 0.0371. The molecule has 0 atom stereocenters. The van der Waals surface area contributed by atoms with Gasteiger partial charge in [0.1, 0.15) is 5.82 Å². The van der Waals surface area contributed by atoms with E-state index in [1.807, 2.05) is 26.1 Å². The van der Waals surface area contributed by atoms with Crippen molar-refractivity contribution >= 4 is 17.4 Å². The van der Waals surface area contributed by atoms with E-state index in [1.165, 1.54) is 25.7 Å². The van der Waals surface area contributed by atoms with Crippen molar-refractivity contribution in [3.8, 4) is 0 Å². The molecule has 0 radical (unpaired) electrons. The van der Waals surface area contributed by atoms with Gasteiger partial charge in [0.25, 0.3) is 0 Å². The first-order valence-electron chi connectivity index (χ1n) is 7.66. The van der Waals surface area contributed by atoms with Crippen LogP contribution >= 0.6 is 0 Å². The summed E-state index contributed by atoms with van der Waals surface area (Å²) in [4.78, 5) is 18.4. The highest BCUT2D eigenvalue weighted by Gasteiger charge is 2.11. The molecule has 4 nitrogen and oxygen atoms in total. The lowest BCUT2D eigenvalue weighted by atomic mass is 10.1. The summed E-state index contributed by atoms with van der Waals surface area (Å²) in [7, 11) is 0. The largest absolute Gasteiger partial charge is 0.370 e. The SMILES string of the molecule is CC(C)CC(=O)Nc1ccc(N2CCCCCC2)cn1. The summed E-state index contributed by atoms with van der Waals surface area (Å²) in [6, 6.07) is 3.96. The molecular weight excluding hydrogens is 250 g/mol. The zero-order valence-corrected chi connectivity index (χ0v) is 12.6. The smallest absolute Gasteiger partial charge is 0.225 e. The zero-order valence-electron chi connectivity index (χ0n) is 12.6. The number of nitrogens with one attached hydrogen (secondary N) is 1. The van der Waals surface area contributed by atoms with Crippen LogP contribution in [0.1, 0.15) is 46.0 Å². The second kappa shape index (κ2) is 7.27. The summed E-state index contributed by atoms with van der Waals surface area (Å²) in [6.45, 7) is 6.30. The molecule has 1 saturated heterocycles. The Hall–Kier alpha value is -1.58. The third-order valence-corrected chi connectivity index (χ3v) is 3.58. The van der Waals surface area contributed by atoms with Crippen LogP contribution in [0.5, 0.6) is 0 Å². The fourth-order valence-electron chi connectivity index (χ4n) is 2.54. The number of hydrogen-bond acceptors (Lipinski definition) is 3. The van der Waals surface area contributed by atoms with Crippen LogP contribution in [0.4, 0.5) is 11.5 Å². The number of aromatic nitrogens is 1. The number of hydrogen-bond donors (Lipinski definition) is 1. The minimum absolute atomic E-state index is 0.0371. The van der Waals surface area contributed by atoms with Gasteiger partial charge in [-0.1, -0.05) is 26.7 Å². The van der Waals surface area contributed by atoms with Gasteiger partial charge in [0.05, 0.1) is 11.9 Å². The van der Waals surface area contributed by atoms with Crippen molar-refractivity contribution in [1.29, 1.82) is 0 Å². The number of carbonyl (C=O) groups excluding carboxylic acids is 1. The van der Waals surface area contributed by atoms with Crippen molar-refractivity contribution in [2.24, 2.45) is 5.92 Å². The number of carbonyl (C=O) groups is 1. The Morgan fingerprint density at radius 2 is 1.95 bits per heavy atom. The highest BCUT2D eigenvalue weighted by molar-refractivity contribution is 5.89. The minimum Gasteiger partial charge on any atom is -0.370 e. The van der Waals surface area contributed by atoms with E-state index in [-0.39, 0.29) is 5.91 Å². The monoisotopic (exact) mass is 275 g/mol. The zero-order chi connectivity index (χ0) is 14.4.